The minimum Gasteiger partial charge on any atom is -0.370 e. The van der Waals surface area contributed by atoms with Gasteiger partial charge in [0.1, 0.15) is 0 Å². The van der Waals surface area contributed by atoms with Gasteiger partial charge in [0.15, 0.2) is 0 Å². The van der Waals surface area contributed by atoms with Gasteiger partial charge in [0.2, 0.25) is 0 Å². The molecule has 98 valence electrons. The summed E-state index contributed by atoms with van der Waals surface area (Å²) in [5, 5.41) is 2.91. The van der Waals surface area contributed by atoms with Crippen molar-refractivity contribution in [3.05, 3.63) is 43.0 Å². The summed E-state index contributed by atoms with van der Waals surface area (Å²) in [4.78, 5) is 18.4. The lowest BCUT2D eigenvalue weighted by atomic mass is 10.3. The molecular weight excluding hydrogens is 240 g/mol. The second-order valence-electron chi connectivity index (χ2n) is 4.61. The van der Waals surface area contributed by atoms with Crippen LogP contribution in [-0.4, -0.2) is 28.7 Å². The highest BCUT2D eigenvalue weighted by Gasteiger charge is 2.17. The highest BCUT2D eigenvalue weighted by atomic mass is 16.2. The smallest absolute Gasteiger partial charge is 0.330 e. The molecule has 0 bridgehead atoms. The molecule has 0 unspecified atom stereocenters. The fourth-order valence-electron chi connectivity index (χ4n) is 2.37. The van der Waals surface area contributed by atoms with E-state index in [1.165, 1.54) is 17.4 Å². The predicted octanol–water partition coefficient (Wildman–Crippen LogP) is 2.56. The van der Waals surface area contributed by atoms with Crippen LogP contribution in [-0.2, 0) is 0 Å². The number of amides is 1. The standard InChI is InChI=1S/C14H16N4O/c19-14(18-9-3-4-10-18)16-12-11-15-6-5-13(12)17-7-1-2-8-17/h3-6,9-11H,1-2,7-8H2,(H,16,19). The van der Waals surface area contributed by atoms with Gasteiger partial charge in [-0.05, 0) is 31.0 Å². The second-order valence-corrected chi connectivity index (χ2v) is 4.61. The molecule has 0 radical (unpaired) electrons. The molecule has 1 amide bonds. The maximum atomic E-state index is 12.0. The number of anilines is 2. The van der Waals surface area contributed by atoms with Crippen molar-refractivity contribution in [2.45, 2.75) is 12.8 Å². The van der Waals surface area contributed by atoms with Crippen molar-refractivity contribution in [2.75, 3.05) is 23.3 Å². The van der Waals surface area contributed by atoms with E-state index in [9.17, 15) is 4.79 Å². The lowest BCUT2D eigenvalue weighted by Gasteiger charge is -2.21. The number of hydrogen-bond donors (Lipinski definition) is 1. The number of nitrogens with zero attached hydrogens (tertiary/aromatic N) is 3. The van der Waals surface area contributed by atoms with Gasteiger partial charge >= 0.3 is 6.03 Å². The highest BCUT2D eigenvalue weighted by Crippen LogP contribution is 2.27. The van der Waals surface area contributed by atoms with Crippen molar-refractivity contribution in [3.8, 4) is 0 Å². The number of rotatable bonds is 2. The average Bonchev–Trinajstić information content (AvgIpc) is 3.13. The Labute approximate surface area is 111 Å². The van der Waals surface area contributed by atoms with Crippen molar-refractivity contribution < 1.29 is 4.79 Å². The molecule has 0 atom stereocenters. The molecule has 3 heterocycles. The van der Waals surface area contributed by atoms with Crippen LogP contribution in [0.25, 0.3) is 0 Å². The first-order chi connectivity index (χ1) is 9.34. The Morgan fingerprint density at radius 1 is 1.21 bits per heavy atom. The van der Waals surface area contributed by atoms with Gasteiger partial charge in [0.25, 0.3) is 0 Å². The summed E-state index contributed by atoms with van der Waals surface area (Å²) in [5.41, 5.74) is 1.82. The van der Waals surface area contributed by atoms with Crippen LogP contribution in [0.5, 0.6) is 0 Å². The Morgan fingerprint density at radius 3 is 2.68 bits per heavy atom. The van der Waals surface area contributed by atoms with Crippen LogP contribution < -0.4 is 10.2 Å². The maximum absolute atomic E-state index is 12.0. The Balaban J connectivity index is 1.82. The first kappa shape index (κ1) is 11.8. The van der Waals surface area contributed by atoms with E-state index < -0.39 is 0 Å². The number of nitrogens with one attached hydrogen (secondary N) is 1. The third kappa shape index (κ3) is 2.45. The summed E-state index contributed by atoms with van der Waals surface area (Å²) in [5.74, 6) is 0. The fraction of sp³-hybridized carbons (Fsp3) is 0.286. The van der Waals surface area contributed by atoms with Gasteiger partial charge in [-0.25, -0.2) is 4.79 Å². The summed E-state index contributed by atoms with van der Waals surface area (Å²) < 4.78 is 1.51. The zero-order chi connectivity index (χ0) is 13.1. The van der Waals surface area contributed by atoms with E-state index in [4.69, 9.17) is 0 Å². The maximum Gasteiger partial charge on any atom is 0.330 e. The minimum atomic E-state index is -0.168. The number of carbonyl (C=O) groups is 1. The molecule has 1 aliphatic heterocycles. The molecule has 0 aliphatic carbocycles. The Morgan fingerprint density at radius 2 is 1.95 bits per heavy atom. The molecule has 0 saturated carbocycles. The van der Waals surface area contributed by atoms with Gasteiger partial charge in [0.05, 0.1) is 17.6 Å². The lowest BCUT2D eigenvalue weighted by Crippen LogP contribution is -2.23. The topological polar surface area (TPSA) is 50.2 Å². The number of pyridine rings is 1. The zero-order valence-electron chi connectivity index (χ0n) is 10.6. The van der Waals surface area contributed by atoms with E-state index in [0.717, 1.165) is 24.5 Å². The van der Waals surface area contributed by atoms with Crippen LogP contribution in [0.4, 0.5) is 16.2 Å². The molecule has 1 N–H and O–H groups in total. The third-order valence-electron chi connectivity index (χ3n) is 3.33. The molecular formula is C14H16N4O. The molecule has 2 aromatic rings. The van der Waals surface area contributed by atoms with Crippen molar-refractivity contribution in [1.29, 1.82) is 0 Å². The van der Waals surface area contributed by atoms with E-state index in [1.54, 1.807) is 24.8 Å². The third-order valence-corrected chi connectivity index (χ3v) is 3.33. The van der Waals surface area contributed by atoms with Crippen molar-refractivity contribution in [2.24, 2.45) is 0 Å². The molecule has 1 fully saturated rings. The first-order valence-corrected chi connectivity index (χ1v) is 6.48. The molecule has 0 spiro atoms. The van der Waals surface area contributed by atoms with Gasteiger partial charge in [-0.1, -0.05) is 0 Å². The Bertz CT molecular complexity index is 559. The number of hydrogen-bond acceptors (Lipinski definition) is 3. The molecule has 5 nitrogen and oxygen atoms in total. The largest absolute Gasteiger partial charge is 0.370 e. The lowest BCUT2D eigenvalue weighted by molar-refractivity contribution is 0.253. The molecule has 2 aromatic heterocycles. The second kappa shape index (κ2) is 5.14. The molecule has 1 saturated heterocycles. The van der Waals surface area contributed by atoms with Gasteiger partial charge in [0, 0.05) is 31.7 Å². The van der Waals surface area contributed by atoms with E-state index in [2.05, 4.69) is 15.2 Å². The van der Waals surface area contributed by atoms with Crippen LogP contribution in [0.15, 0.2) is 43.0 Å². The summed E-state index contributed by atoms with van der Waals surface area (Å²) in [6.45, 7) is 2.08. The van der Waals surface area contributed by atoms with E-state index in [0.29, 0.717) is 0 Å². The molecule has 3 rings (SSSR count). The summed E-state index contributed by atoms with van der Waals surface area (Å²) in [6, 6.07) is 5.43. The normalized spacial score (nSPS) is 14.6. The first-order valence-electron chi connectivity index (χ1n) is 6.48. The minimum absolute atomic E-state index is 0.168. The van der Waals surface area contributed by atoms with Gasteiger partial charge in [-0.3, -0.25) is 9.55 Å². The quantitative estimate of drug-likeness (QED) is 0.898. The summed E-state index contributed by atoms with van der Waals surface area (Å²) >= 11 is 0. The van der Waals surface area contributed by atoms with Crippen molar-refractivity contribution in [3.63, 3.8) is 0 Å². The molecule has 0 aromatic carbocycles. The van der Waals surface area contributed by atoms with Gasteiger partial charge < -0.3 is 10.2 Å². The van der Waals surface area contributed by atoms with Crippen molar-refractivity contribution in [1.82, 2.24) is 9.55 Å². The van der Waals surface area contributed by atoms with Crippen LogP contribution in [0.3, 0.4) is 0 Å². The zero-order valence-corrected chi connectivity index (χ0v) is 10.6. The number of aromatic nitrogens is 2. The Kier molecular flexibility index (Phi) is 3.18. The van der Waals surface area contributed by atoms with Crippen molar-refractivity contribution >= 4 is 17.4 Å². The predicted molar refractivity (Wildman–Crippen MR) is 74.5 cm³/mol. The SMILES string of the molecule is O=C(Nc1cnccc1N1CCCC1)n1cccc1. The monoisotopic (exact) mass is 256 g/mol. The van der Waals surface area contributed by atoms with Crippen LogP contribution in [0.1, 0.15) is 12.8 Å². The van der Waals surface area contributed by atoms with Crippen LogP contribution in [0, 0.1) is 0 Å². The van der Waals surface area contributed by atoms with E-state index in [1.807, 2.05) is 18.2 Å². The van der Waals surface area contributed by atoms with Crippen LogP contribution in [0.2, 0.25) is 0 Å². The molecule has 1 aliphatic rings. The Hall–Kier alpha value is -2.30. The van der Waals surface area contributed by atoms with E-state index >= 15 is 0 Å². The molecule has 19 heavy (non-hydrogen) atoms. The van der Waals surface area contributed by atoms with E-state index in [-0.39, 0.29) is 6.03 Å². The van der Waals surface area contributed by atoms with Crippen LogP contribution >= 0.6 is 0 Å². The van der Waals surface area contributed by atoms with Gasteiger partial charge in [-0.2, -0.15) is 0 Å². The summed E-state index contributed by atoms with van der Waals surface area (Å²) in [6.07, 6.45) is 9.32. The summed E-state index contributed by atoms with van der Waals surface area (Å²) in [7, 11) is 0. The van der Waals surface area contributed by atoms with Gasteiger partial charge in [-0.15, -0.1) is 0 Å². The molecule has 5 heteroatoms. The highest BCUT2D eigenvalue weighted by molar-refractivity contribution is 5.94. The fourth-order valence-corrected chi connectivity index (χ4v) is 2.37. The number of carbonyl (C=O) groups excluding carboxylic acids is 1. The average molecular weight is 256 g/mol.